The second kappa shape index (κ2) is 5.98. The fraction of sp³-hybridized carbons (Fsp3) is 0. The number of oxazole rings is 1. The third kappa shape index (κ3) is 2.50. The molecule has 0 atom stereocenters. The number of pyridine rings is 1. The van der Waals surface area contributed by atoms with Gasteiger partial charge in [0.15, 0.2) is 11.4 Å². The van der Waals surface area contributed by atoms with Crippen molar-refractivity contribution >= 4 is 28.0 Å². The summed E-state index contributed by atoms with van der Waals surface area (Å²) in [6.07, 6.45) is 3.05. The molecule has 3 heterocycles. The van der Waals surface area contributed by atoms with Gasteiger partial charge in [-0.3, -0.25) is 0 Å². The van der Waals surface area contributed by atoms with Crippen LogP contribution in [0.1, 0.15) is 10.4 Å². The molecule has 0 saturated heterocycles. The maximum absolute atomic E-state index is 13.4. The molecule has 3 aromatic heterocycles. The lowest BCUT2D eigenvalue weighted by atomic mass is 10.1. The van der Waals surface area contributed by atoms with E-state index in [4.69, 9.17) is 4.42 Å². The van der Waals surface area contributed by atoms with E-state index >= 15 is 0 Å². The number of halogens is 1. The van der Waals surface area contributed by atoms with Crippen LogP contribution in [0.25, 0.3) is 39.3 Å². The lowest BCUT2D eigenvalue weighted by molar-refractivity contribution is 0.0697. The standard InChI is InChI=1S/C20H11FN4O3/c21-12-5-6-15-17(7-12)28-19(24-15)14-10-22-18(8-13(14)20(26)27)25-16-4-2-1-3-11(16)9-23-25/h1-10H,(H,26,27). The van der Waals surface area contributed by atoms with E-state index in [1.807, 2.05) is 24.3 Å². The minimum absolute atomic E-state index is 0.0448. The summed E-state index contributed by atoms with van der Waals surface area (Å²) >= 11 is 0. The molecule has 0 saturated carbocycles. The molecule has 136 valence electrons. The third-order valence-electron chi connectivity index (χ3n) is 4.40. The van der Waals surface area contributed by atoms with E-state index in [1.54, 1.807) is 10.9 Å². The molecule has 0 bridgehead atoms. The normalized spacial score (nSPS) is 11.3. The van der Waals surface area contributed by atoms with Crippen LogP contribution in [0.2, 0.25) is 0 Å². The Balaban J connectivity index is 1.68. The molecular formula is C20H11FN4O3. The molecule has 5 rings (SSSR count). The van der Waals surface area contributed by atoms with Gasteiger partial charge in [-0.2, -0.15) is 5.10 Å². The number of nitrogens with zero attached hydrogens (tertiary/aromatic N) is 4. The second-order valence-electron chi connectivity index (χ2n) is 6.14. The van der Waals surface area contributed by atoms with Gasteiger partial charge in [0.1, 0.15) is 11.3 Å². The average molecular weight is 374 g/mol. The number of carboxylic acid groups (broad SMARTS) is 1. The molecule has 1 N–H and O–H groups in total. The number of aromatic carboxylic acids is 1. The summed E-state index contributed by atoms with van der Waals surface area (Å²) in [5.41, 5.74) is 1.61. The zero-order valence-electron chi connectivity index (χ0n) is 14.2. The summed E-state index contributed by atoms with van der Waals surface area (Å²) in [5.74, 6) is -1.22. The Morgan fingerprint density at radius 2 is 1.96 bits per heavy atom. The molecule has 0 spiro atoms. The van der Waals surface area contributed by atoms with Gasteiger partial charge >= 0.3 is 5.97 Å². The molecule has 28 heavy (non-hydrogen) atoms. The van der Waals surface area contributed by atoms with Gasteiger partial charge in [-0.05, 0) is 24.3 Å². The van der Waals surface area contributed by atoms with Gasteiger partial charge in [0.25, 0.3) is 0 Å². The molecule has 0 amide bonds. The number of rotatable bonds is 3. The number of carbonyl (C=O) groups is 1. The molecule has 0 unspecified atom stereocenters. The van der Waals surface area contributed by atoms with Crippen LogP contribution in [0.4, 0.5) is 4.39 Å². The van der Waals surface area contributed by atoms with Gasteiger partial charge < -0.3 is 9.52 Å². The molecule has 5 aromatic rings. The highest BCUT2D eigenvalue weighted by atomic mass is 19.1. The van der Waals surface area contributed by atoms with Crippen LogP contribution in [-0.2, 0) is 0 Å². The Morgan fingerprint density at radius 3 is 2.82 bits per heavy atom. The van der Waals surface area contributed by atoms with Crippen LogP contribution in [0.5, 0.6) is 0 Å². The number of aromatic nitrogens is 4. The number of carboxylic acids is 1. The summed E-state index contributed by atoms with van der Waals surface area (Å²) in [6, 6.07) is 12.9. The monoisotopic (exact) mass is 374 g/mol. The summed E-state index contributed by atoms with van der Waals surface area (Å²) in [7, 11) is 0. The lowest BCUT2D eigenvalue weighted by Crippen LogP contribution is -2.06. The van der Waals surface area contributed by atoms with Crippen LogP contribution in [0.15, 0.2) is 65.3 Å². The van der Waals surface area contributed by atoms with Gasteiger partial charge in [0.2, 0.25) is 5.89 Å². The average Bonchev–Trinajstić information content (AvgIpc) is 3.31. The topological polar surface area (TPSA) is 94.0 Å². The van der Waals surface area contributed by atoms with E-state index in [2.05, 4.69) is 15.1 Å². The molecule has 0 fully saturated rings. The molecule has 0 aliphatic carbocycles. The molecule has 0 aliphatic rings. The number of hydrogen-bond acceptors (Lipinski definition) is 5. The van der Waals surface area contributed by atoms with Crippen molar-refractivity contribution in [1.82, 2.24) is 19.7 Å². The summed E-state index contributed by atoms with van der Waals surface area (Å²) in [6.45, 7) is 0. The first-order valence-corrected chi connectivity index (χ1v) is 8.33. The summed E-state index contributed by atoms with van der Waals surface area (Å²) < 4.78 is 20.5. The van der Waals surface area contributed by atoms with Crippen LogP contribution in [0.3, 0.4) is 0 Å². The maximum atomic E-state index is 13.4. The molecule has 0 radical (unpaired) electrons. The Morgan fingerprint density at radius 1 is 1.11 bits per heavy atom. The van der Waals surface area contributed by atoms with Crippen LogP contribution < -0.4 is 0 Å². The summed E-state index contributed by atoms with van der Waals surface area (Å²) in [4.78, 5) is 20.5. The van der Waals surface area contributed by atoms with Crippen molar-refractivity contribution in [2.75, 3.05) is 0 Å². The molecule has 0 aliphatic heterocycles. The Hall–Kier alpha value is -4.07. The van der Waals surface area contributed by atoms with Gasteiger partial charge in [-0.15, -0.1) is 0 Å². The lowest BCUT2D eigenvalue weighted by Gasteiger charge is -2.07. The van der Waals surface area contributed by atoms with E-state index in [0.29, 0.717) is 11.3 Å². The second-order valence-corrected chi connectivity index (χ2v) is 6.14. The van der Waals surface area contributed by atoms with Gasteiger partial charge in [0, 0.05) is 17.6 Å². The highest BCUT2D eigenvalue weighted by molar-refractivity contribution is 5.96. The number of hydrogen-bond donors (Lipinski definition) is 1. The Labute approximate surface area is 156 Å². The first-order chi connectivity index (χ1) is 13.6. The largest absolute Gasteiger partial charge is 0.478 e. The number of para-hydroxylation sites is 1. The van der Waals surface area contributed by atoms with Crippen molar-refractivity contribution in [3.8, 4) is 17.3 Å². The molecule has 7 nitrogen and oxygen atoms in total. The quantitative estimate of drug-likeness (QED) is 0.512. The number of fused-ring (bicyclic) bond motifs is 2. The van der Waals surface area contributed by atoms with E-state index in [-0.39, 0.29) is 22.6 Å². The fourth-order valence-corrected chi connectivity index (χ4v) is 3.08. The first-order valence-electron chi connectivity index (χ1n) is 8.33. The smallest absolute Gasteiger partial charge is 0.336 e. The van der Waals surface area contributed by atoms with E-state index in [0.717, 1.165) is 10.9 Å². The predicted molar refractivity (Wildman–Crippen MR) is 98.8 cm³/mol. The zero-order valence-corrected chi connectivity index (χ0v) is 14.2. The van der Waals surface area contributed by atoms with Crippen LogP contribution in [-0.4, -0.2) is 30.8 Å². The zero-order chi connectivity index (χ0) is 19.3. The Bertz CT molecular complexity index is 1370. The third-order valence-corrected chi connectivity index (χ3v) is 4.40. The van der Waals surface area contributed by atoms with Crippen molar-refractivity contribution in [3.63, 3.8) is 0 Å². The molecular weight excluding hydrogens is 363 g/mol. The van der Waals surface area contributed by atoms with Crippen LogP contribution >= 0.6 is 0 Å². The van der Waals surface area contributed by atoms with Gasteiger partial charge in [-0.25, -0.2) is 23.8 Å². The Kier molecular flexibility index (Phi) is 3.45. The summed E-state index contributed by atoms with van der Waals surface area (Å²) in [5, 5.41) is 14.9. The van der Waals surface area contributed by atoms with Crippen LogP contribution in [0, 0.1) is 5.82 Å². The highest BCUT2D eigenvalue weighted by Gasteiger charge is 2.20. The van der Waals surface area contributed by atoms with Crippen molar-refractivity contribution in [1.29, 1.82) is 0 Å². The van der Waals surface area contributed by atoms with E-state index in [1.165, 1.54) is 30.5 Å². The predicted octanol–water partition coefficient (Wildman–Crippen LogP) is 4.07. The van der Waals surface area contributed by atoms with Crippen molar-refractivity contribution < 1.29 is 18.7 Å². The van der Waals surface area contributed by atoms with Crippen molar-refractivity contribution in [2.45, 2.75) is 0 Å². The van der Waals surface area contributed by atoms with Crippen molar-refractivity contribution in [3.05, 3.63) is 72.3 Å². The van der Waals surface area contributed by atoms with Crippen molar-refractivity contribution in [2.24, 2.45) is 0 Å². The number of benzene rings is 2. The molecule has 2 aromatic carbocycles. The minimum Gasteiger partial charge on any atom is -0.478 e. The maximum Gasteiger partial charge on any atom is 0.336 e. The van der Waals surface area contributed by atoms with E-state index < -0.39 is 11.8 Å². The highest BCUT2D eigenvalue weighted by Crippen LogP contribution is 2.28. The van der Waals surface area contributed by atoms with Gasteiger partial charge in [-0.1, -0.05) is 18.2 Å². The SMILES string of the molecule is O=C(O)c1cc(-n2ncc3ccccc32)ncc1-c1nc2ccc(F)cc2o1. The fourth-order valence-electron chi connectivity index (χ4n) is 3.08. The first kappa shape index (κ1) is 16.1. The minimum atomic E-state index is -1.16. The molecule has 8 heteroatoms. The van der Waals surface area contributed by atoms with Gasteiger partial charge in [0.05, 0.1) is 22.8 Å². The van der Waals surface area contributed by atoms with E-state index in [9.17, 15) is 14.3 Å².